The van der Waals surface area contributed by atoms with Gasteiger partial charge in [0.25, 0.3) is 5.91 Å². The molecule has 2 N–H and O–H groups in total. The molecule has 2 aromatic rings. The van der Waals surface area contributed by atoms with E-state index in [1.54, 1.807) is 13.0 Å². The molecule has 2 amide bonds. The largest absolute Gasteiger partial charge is 0.368 e. The molecule has 0 radical (unpaired) electrons. The van der Waals surface area contributed by atoms with Crippen molar-refractivity contribution in [3.05, 3.63) is 58.7 Å². The minimum Gasteiger partial charge on any atom is -0.368 e. The van der Waals surface area contributed by atoms with Crippen molar-refractivity contribution in [1.29, 1.82) is 0 Å². The molecule has 1 atom stereocenters. The van der Waals surface area contributed by atoms with E-state index in [2.05, 4.69) is 9.97 Å². The molecule has 1 aliphatic rings. The molecule has 118 valence electrons. The number of hydrogen-bond donors (Lipinski definition) is 1. The van der Waals surface area contributed by atoms with Crippen molar-refractivity contribution in [3.8, 4) is 0 Å². The van der Waals surface area contributed by atoms with Crippen LogP contribution in [-0.2, 0) is 17.8 Å². The number of carbonyl (C=O) groups is 2. The summed E-state index contributed by atoms with van der Waals surface area (Å²) in [6.45, 7) is 3.90. The lowest BCUT2D eigenvalue weighted by molar-refractivity contribution is -0.122. The summed E-state index contributed by atoms with van der Waals surface area (Å²) in [5.74, 6) is -0.270. The summed E-state index contributed by atoms with van der Waals surface area (Å²) < 4.78 is 0. The van der Waals surface area contributed by atoms with Gasteiger partial charge in [-0.05, 0) is 31.0 Å². The van der Waals surface area contributed by atoms with Crippen LogP contribution in [0.2, 0.25) is 0 Å². The van der Waals surface area contributed by atoms with E-state index in [9.17, 15) is 9.59 Å². The number of fused-ring (bicyclic) bond motifs is 1. The molecule has 0 saturated heterocycles. The molecular formula is C17H18N4O2. The molecule has 0 aliphatic carbocycles. The van der Waals surface area contributed by atoms with Crippen molar-refractivity contribution < 1.29 is 9.59 Å². The maximum Gasteiger partial charge on any atom is 0.273 e. The average Bonchev–Trinajstić information content (AvgIpc) is 2.52. The van der Waals surface area contributed by atoms with Crippen LogP contribution in [0.4, 0.5) is 0 Å². The van der Waals surface area contributed by atoms with Gasteiger partial charge in [-0.3, -0.25) is 9.59 Å². The van der Waals surface area contributed by atoms with Crippen molar-refractivity contribution in [2.75, 3.05) is 0 Å². The second-order valence-electron chi connectivity index (χ2n) is 5.77. The molecule has 0 fully saturated rings. The molecule has 1 aliphatic heterocycles. The standard InChI is InChI=1S/C17H18N4O2/c1-10-7-14(20-11(2)19-10)17(23)21-9-13-6-4-3-5-12(13)8-15(21)16(18)22/h3-7,15H,8-9H2,1-2H3,(H2,18,22)/t15-/m0/s1. The molecule has 0 bridgehead atoms. The first kappa shape index (κ1) is 15.1. The van der Waals surface area contributed by atoms with Gasteiger partial charge < -0.3 is 10.6 Å². The van der Waals surface area contributed by atoms with E-state index in [1.165, 1.54) is 4.90 Å². The number of nitrogens with zero attached hydrogens (tertiary/aromatic N) is 3. The Morgan fingerprint density at radius 1 is 1.17 bits per heavy atom. The minimum atomic E-state index is -0.659. The smallest absolute Gasteiger partial charge is 0.273 e. The van der Waals surface area contributed by atoms with Crippen LogP contribution in [-0.4, -0.2) is 32.7 Å². The summed E-state index contributed by atoms with van der Waals surface area (Å²) in [5, 5.41) is 0. The molecular weight excluding hydrogens is 292 g/mol. The van der Waals surface area contributed by atoms with Crippen LogP contribution in [0, 0.1) is 13.8 Å². The van der Waals surface area contributed by atoms with Gasteiger partial charge in [0.2, 0.25) is 5.91 Å². The van der Waals surface area contributed by atoms with Crippen molar-refractivity contribution >= 4 is 11.8 Å². The number of amides is 2. The predicted molar refractivity (Wildman–Crippen MR) is 84.5 cm³/mol. The number of aromatic nitrogens is 2. The molecule has 6 heteroatoms. The molecule has 2 heterocycles. The Hall–Kier alpha value is -2.76. The highest BCUT2D eigenvalue weighted by Crippen LogP contribution is 2.24. The summed E-state index contributed by atoms with van der Waals surface area (Å²) in [4.78, 5) is 34.6. The number of hydrogen-bond acceptors (Lipinski definition) is 4. The van der Waals surface area contributed by atoms with Gasteiger partial charge in [0, 0.05) is 18.7 Å². The number of primary amides is 1. The lowest BCUT2D eigenvalue weighted by atomic mass is 9.93. The Morgan fingerprint density at radius 2 is 1.87 bits per heavy atom. The molecule has 1 aromatic heterocycles. The first-order valence-electron chi connectivity index (χ1n) is 7.45. The number of nitrogens with two attached hydrogens (primary N) is 1. The number of benzene rings is 1. The fourth-order valence-corrected chi connectivity index (χ4v) is 2.96. The molecule has 3 rings (SSSR count). The molecule has 0 unspecified atom stereocenters. The van der Waals surface area contributed by atoms with Gasteiger partial charge in [0.05, 0.1) is 0 Å². The summed E-state index contributed by atoms with van der Waals surface area (Å²) in [7, 11) is 0. The zero-order chi connectivity index (χ0) is 16.6. The van der Waals surface area contributed by atoms with E-state index < -0.39 is 11.9 Å². The Balaban J connectivity index is 1.99. The third-order valence-electron chi connectivity index (χ3n) is 4.02. The predicted octanol–water partition coefficient (Wildman–Crippen LogP) is 1.15. The van der Waals surface area contributed by atoms with Gasteiger partial charge in [0.15, 0.2) is 0 Å². The van der Waals surface area contributed by atoms with E-state index in [0.29, 0.717) is 30.2 Å². The number of aryl methyl sites for hydroxylation is 2. The van der Waals surface area contributed by atoms with E-state index in [4.69, 9.17) is 5.73 Å². The van der Waals surface area contributed by atoms with Crippen molar-refractivity contribution in [3.63, 3.8) is 0 Å². The summed E-state index contributed by atoms with van der Waals surface area (Å²) in [5.41, 5.74) is 8.61. The normalized spacial score (nSPS) is 16.8. The fraction of sp³-hybridized carbons (Fsp3) is 0.294. The van der Waals surface area contributed by atoms with Gasteiger partial charge in [-0.15, -0.1) is 0 Å². The van der Waals surface area contributed by atoms with Gasteiger partial charge in [-0.25, -0.2) is 9.97 Å². The van der Waals surface area contributed by atoms with Crippen LogP contribution in [0.1, 0.15) is 33.1 Å². The lowest BCUT2D eigenvalue weighted by Crippen LogP contribution is -2.51. The van der Waals surface area contributed by atoms with Crippen LogP contribution in [0.5, 0.6) is 0 Å². The second-order valence-corrected chi connectivity index (χ2v) is 5.77. The number of carbonyl (C=O) groups excluding carboxylic acids is 2. The average molecular weight is 310 g/mol. The third-order valence-corrected chi connectivity index (χ3v) is 4.02. The van der Waals surface area contributed by atoms with Gasteiger partial charge in [-0.1, -0.05) is 24.3 Å². The second kappa shape index (κ2) is 5.79. The highest BCUT2D eigenvalue weighted by atomic mass is 16.2. The summed E-state index contributed by atoms with van der Waals surface area (Å²) in [6.07, 6.45) is 0.431. The van der Waals surface area contributed by atoms with Crippen LogP contribution >= 0.6 is 0 Å². The van der Waals surface area contributed by atoms with Gasteiger partial charge in [0.1, 0.15) is 17.6 Å². The molecule has 6 nitrogen and oxygen atoms in total. The van der Waals surface area contributed by atoms with E-state index >= 15 is 0 Å². The van der Waals surface area contributed by atoms with Crippen molar-refractivity contribution in [2.45, 2.75) is 32.9 Å². The maximum absolute atomic E-state index is 12.9. The highest BCUT2D eigenvalue weighted by Gasteiger charge is 2.34. The van der Waals surface area contributed by atoms with Gasteiger partial charge >= 0.3 is 0 Å². The highest BCUT2D eigenvalue weighted by molar-refractivity contribution is 5.96. The van der Waals surface area contributed by atoms with E-state index in [-0.39, 0.29) is 5.91 Å². The van der Waals surface area contributed by atoms with Crippen molar-refractivity contribution in [1.82, 2.24) is 14.9 Å². The molecule has 23 heavy (non-hydrogen) atoms. The van der Waals surface area contributed by atoms with Crippen LogP contribution < -0.4 is 5.73 Å². The Labute approximate surface area is 134 Å². The monoisotopic (exact) mass is 310 g/mol. The number of rotatable bonds is 2. The van der Waals surface area contributed by atoms with Crippen LogP contribution in [0.3, 0.4) is 0 Å². The fourth-order valence-electron chi connectivity index (χ4n) is 2.96. The Kier molecular flexibility index (Phi) is 3.82. The lowest BCUT2D eigenvalue weighted by Gasteiger charge is -2.34. The zero-order valence-electron chi connectivity index (χ0n) is 13.1. The van der Waals surface area contributed by atoms with E-state index in [0.717, 1.165) is 11.1 Å². The molecule has 0 saturated carbocycles. The quantitative estimate of drug-likeness (QED) is 0.901. The first-order valence-corrected chi connectivity index (χ1v) is 7.45. The topological polar surface area (TPSA) is 89.2 Å². The van der Waals surface area contributed by atoms with E-state index in [1.807, 2.05) is 31.2 Å². The SMILES string of the molecule is Cc1cc(C(=O)N2Cc3ccccc3C[C@H]2C(N)=O)nc(C)n1. The molecule has 0 spiro atoms. The summed E-state index contributed by atoms with van der Waals surface area (Å²) in [6, 6.07) is 8.74. The van der Waals surface area contributed by atoms with Gasteiger partial charge in [-0.2, -0.15) is 0 Å². The van der Waals surface area contributed by atoms with Crippen LogP contribution in [0.15, 0.2) is 30.3 Å². The summed E-state index contributed by atoms with van der Waals surface area (Å²) >= 11 is 0. The Morgan fingerprint density at radius 3 is 2.52 bits per heavy atom. The first-order chi connectivity index (χ1) is 11.0. The van der Waals surface area contributed by atoms with Crippen molar-refractivity contribution in [2.24, 2.45) is 5.73 Å². The third kappa shape index (κ3) is 2.92. The minimum absolute atomic E-state index is 0.292. The zero-order valence-corrected chi connectivity index (χ0v) is 13.1. The Bertz CT molecular complexity index is 768. The maximum atomic E-state index is 12.9. The van der Waals surface area contributed by atoms with Crippen LogP contribution in [0.25, 0.3) is 0 Å². The molecule has 1 aromatic carbocycles.